The van der Waals surface area contributed by atoms with E-state index < -0.39 is 0 Å². The molecule has 6 nitrogen and oxygen atoms in total. The summed E-state index contributed by atoms with van der Waals surface area (Å²) in [5.41, 5.74) is 2.16. The fourth-order valence-corrected chi connectivity index (χ4v) is 4.27. The number of rotatable bonds is 17. The molecule has 0 saturated carbocycles. The molecule has 0 heterocycles. The molecule has 3 aromatic carbocycles. The number of hydrogen-bond acceptors (Lipinski definition) is 5. The largest absolute Gasteiger partial charge is 1.00 e. The summed E-state index contributed by atoms with van der Waals surface area (Å²) in [5.74, 6) is 1.76. The molecule has 0 aliphatic heterocycles. The first kappa shape index (κ1) is 33.4. The smallest absolute Gasteiger partial charge is 0.365 e. The molecule has 1 unspecified atom stereocenters. The second-order valence-corrected chi connectivity index (χ2v) is 10.9. The second-order valence-electron chi connectivity index (χ2n) is 10.9. The van der Waals surface area contributed by atoms with Gasteiger partial charge in [-0.2, -0.15) is 0 Å². The summed E-state index contributed by atoms with van der Waals surface area (Å²) >= 11 is 0. The molecule has 0 saturated heterocycles. The fraction of sp³-hybridized carbons (Fsp3) is 0.424. The second kappa shape index (κ2) is 17.8. The Hall–Kier alpha value is -2.78. The number of esters is 1. The van der Waals surface area contributed by atoms with E-state index in [1.807, 2.05) is 75.7 Å². The first-order valence-electron chi connectivity index (χ1n) is 14.0. The van der Waals surface area contributed by atoms with Gasteiger partial charge in [0.15, 0.2) is 6.04 Å². The number of hydrogen-bond donors (Lipinski definition) is 1. The molecular weight excluding hydrogens is 617 g/mol. The average Bonchev–Trinajstić information content (AvgIpc) is 2.93. The summed E-state index contributed by atoms with van der Waals surface area (Å²) in [6.45, 7) is 1.72. The number of ether oxygens (including phenoxy) is 3. The number of nitrogens with zero attached hydrogens (tertiary/aromatic N) is 1. The van der Waals surface area contributed by atoms with Crippen molar-refractivity contribution in [1.29, 1.82) is 0 Å². The van der Waals surface area contributed by atoms with Gasteiger partial charge in [-0.25, -0.2) is 4.79 Å². The van der Waals surface area contributed by atoms with E-state index in [1.165, 1.54) is 0 Å². The van der Waals surface area contributed by atoms with Gasteiger partial charge in [-0.3, -0.25) is 0 Å². The van der Waals surface area contributed by atoms with Gasteiger partial charge in [0.25, 0.3) is 0 Å². The molecular formula is C33H44INO5. The van der Waals surface area contributed by atoms with E-state index >= 15 is 0 Å². The Bertz CT molecular complexity index is 1100. The van der Waals surface area contributed by atoms with Crippen molar-refractivity contribution >= 4 is 5.97 Å². The maximum absolute atomic E-state index is 12.8. The van der Waals surface area contributed by atoms with E-state index in [4.69, 9.17) is 14.2 Å². The molecule has 0 aromatic heterocycles. The van der Waals surface area contributed by atoms with Crippen molar-refractivity contribution in [2.75, 3.05) is 34.4 Å². The van der Waals surface area contributed by atoms with Crippen LogP contribution in [0.1, 0.15) is 49.7 Å². The topological polar surface area (TPSA) is 65.0 Å². The summed E-state index contributed by atoms with van der Waals surface area (Å²) < 4.78 is 17.8. The monoisotopic (exact) mass is 661 g/mol. The maximum Gasteiger partial charge on any atom is 0.365 e. The lowest BCUT2D eigenvalue weighted by atomic mass is 10.0. The lowest BCUT2D eigenvalue weighted by Gasteiger charge is -2.32. The first-order valence-corrected chi connectivity index (χ1v) is 14.0. The van der Waals surface area contributed by atoms with Crippen LogP contribution in [0.2, 0.25) is 0 Å². The first-order chi connectivity index (χ1) is 18.8. The number of carbonyl (C=O) groups is 1. The van der Waals surface area contributed by atoms with Gasteiger partial charge in [-0.15, -0.1) is 0 Å². The minimum atomic E-state index is -0.285. The molecule has 7 heteroatoms. The predicted octanol–water partition coefficient (Wildman–Crippen LogP) is 3.56. The van der Waals surface area contributed by atoms with Gasteiger partial charge in [0.2, 0.25) is 0 Å². The number of unbranched alkanes of at least 4 members (excludes halogenated alkanes) is 5. The predicted molar refractivity (Wildman–Crippen MR) is 155 cm³/mol. The summed E-state index contributed by atoms with van der Waals surface area (Å²) in [4.78, 5) is 12.8. The van der Waals surface area contributed by atoms with E-state index in [1.54, 1.807) is 12.1 Å². The van der Waals surface area contributed by atoms with E-state index in [9.17, 15) is 9.90 Å². The van der Waals surface area contributed by atoms with Gasteiger partial charge in [0, 0.05) is 6.42 Å². The van der Waals surface area contributed by atoms with Crippen LogP contribution >= 0.6 is 0 Å². The maximum atomic E-state index is 12.8. The van der Waals surface area contributed by atoms with Crippen LogP contribution in [0.5, 0.6) is 17.2 Å². The average molecular weight is 662 g/mol. The molecule has 3 aromatic rings. The molecule has 0 fully saturated rings. The fourth-order valence-electron chi connectivity index (χ4n) is 4.27. The van der Waals surface area contributed by atoms with Gasteiger partial charge in [0.05, 0.1) is 34.4 Å². The van der Waals surface area contributed by atoms with Crippen molar-refractivity contribution in [2.24, 2.45) is 0 Å². The molecule has 40 heavy (non-hydrogen) atoms. The number of carbonyl (C=O) groups excluding carboxylic acids is 1. The summed E-state index contributed by atoms with van der Waals surface area (Å²) in [6, 6.07) is 24.7. The molecule has 3 rings (SSSR count). The zero-order valence-electron chi connectivity index (χ0n) is 24.1. The third-order valence-corrected chi connectivity index (χ3v) is 6.70. The third kappa shape index (κ3) is 12.6. The van der Waals surface area contributed by atoms with Gasteiger partial charge < -0.3 is 47.8 Å². The van der Waals surface area contributed by atoms with Crippen LogP contribution in [0.15, 0.2) is 78.9 Å². The normalized spacial score (nSPS) is 11.8. The zero-order valence-corrected chi connectivity index (χ0v) is 26.2. The Morgan fingerprint density at radius 3 is 1.85 bits per heavy atom. The molecule has 0 aliphatic rings. The molecule has 0 aliphatic carbocycles. The van der Waals surface area contributed by atoms with Crippen molar-refractivity contribution < 1.29 is 52.6 Å². The Morgan fingerprint density at radius 2 is 1.25 bits per heavy atom. The quantitative estimate of drug-likeness (QED) is 0.104. The highest BCUT2D eigenvalue weighted by Crippen LogP contribution is 2.20. The Labute approximate surface area is 256 Å². The SMILES string of the molecule is C[N+](C)(C)C(Cc1ccc(O)cc1)C(=O)OCCCCCCCCOc1ccc(OCc2ccccc2)cc1.[I-]. The van der Waals surface area contributed by atoms with E-state index in [-0.39, 0.29) is 41.7 Å². The van der Waals surface area contributed by atoms with Crippen LogP contribution in [0.4, 0.5) is 0 Å². The van der Waals surface area contributed by atoms with Gasteiger partial charge in [0.1, 0.15) is 23.9 Å². The van der Waals surface area contributed by atoms with Crippen LogP contribution in [-0.4, -0.2) is 56.0 Å². The Kier molecular flexibility index (Phi) is 14.9. The van der Waals surface area contributed by atoms with Crippen LogP contribution in [0.25, 0.3) is 0 Å². The van der Waals surface area contributed by atoms with Crippen molar-refractivity contribution in [3.05, 3.63) is 90.0 Å². The Morgan fingerprint density at radius 1 is 0.700 bits per heavy atom. The molecule has 1 atom stereocenters. The number of benzene rings is 3. The third-order valence-electron chi connectivity index (χ3n) is 6.70. The summed E-state index contributed by atoms with van der Waals surface area (Å²) in [5, 5.41) is 9.50. The molecule has 0 bridgehead atoms. The van der Waals surface area contributed by atoms with Gasteiger partial charge in [-0.05, 0) is 60.4 Å². The van der Waals surface area contributed by atoms with Crippen molar-refractivity contribution in [2.45, 2.75) is 57.6 Å². The standard InChI is InChI=1S/C33H43NO5.HI/c1-34(2,3)32(25-27-15-17-29(35)18-16-27)33(36)38-24-12-7-5-4-6-11-23-37-30-19-21-31(22-20-30)39-26-28-13-9-8-10-14-28;/h8-10,13-22,32H,4-7,11-12,23-26H2,1-3H3;1H. The highest BCUT2D eigenvalue weighted by molar-refractivity contribution is 5.75. The summed E-state index contributed by atoms with van der Waals surface area (Å²) in [7, 11) is 6.02. The number of phenols is 1. The molecule has 218 valence electrons. The van der Waals surface area contributed by atoms with E-state index in [2.05, 4.69) is 12.1 Å². The minimum Gasteiger partial charge on any atom is -1.00 e. The van der Waals surface area contributed by atoms with E-state index in [0.717, 1.165) is 61.2 Å². The lowest BCUT2D eigenvalue weighted by Crippen LogP contribution is -3.00. The Balaban J connectivity index is 0.00000560. The van der Waals surface area contributed by atoms with Crippen molar-refractivity contribution in [3.8, 4) is 17.2 Å². The lowest BCUT2D eigenvalue weighted by molar-refractivity contribution is -0.887. The van der Waals surface area contributed by atoms with Crippen LogP contribution in [-0.2, 0) is 22.6 Å². The number of aromatic hydroxyl groups is 1. The molecule has 0 spiro atoms. The minimum absolute atomic E-state index is 0. The van der Waals surface area contributed by atoms with Crippen LogP contribution in [0, 0.1) is 0 Å². The number of likely N-dealkylation sites (N-methyl/N-ethyl adjacent to an activating group) is 1. The molecule has 1 N–H and O–H groups in total. The highest BCUT2D eigenvalue weighted by atomic mass is 127. The highest BCUT2D eigenvalue weighted by Gasteiger charge is 2.33. The van der Waals surface area contributed by atoms with Gasteiger partial charge in [-0.1, -0.05) is 68.1 Å². The summed E-state index contributed by atoms with van der Waals surface area (Å²) in [6.07, 6.45) is 6.91. The number of quaternary nitrogens is 1. The van der Waals surface area contributed by atoms with E-state index in [0.29, 0.717) is 30.7 Å². The number of phenolic OH excluding ortho intramolecular Hbond substituents is 1. The molecule has 0 radical (unpaired) electrons. The van der Waals surface area contributed by atoms with Crippen LogP contribution in [0.3, 0.4) is 0 Å². The number of halogens is 1. The van der Waals surface area contributed by atoms with Gasteiger partial charge >= 0.3 is 5.97 Å². The van der Waals surface area contributed by atoms with Crippen LogP contribution < -0.4 is 33.5 Å². The molecule has 0 amide bonds. The zero-order chi connectivity index (χ0) is 27.9. The van der Waals surface area contributed by atoms with Crippen molar-refractivity contribution in [1.82, 2.24) is 0 Å². The van der Waals surface area contributed by atoms with Crippen molar-refractivity contribution in [3.63, 3.8) is 0 Å².